The molecule has 1 amide bonds. The van der Waals surface area contributed by atoms with E-state index in [2.05, 4.69) is 20.8 Å². The Morgan fingerprint density at radius 3 is 2.48 bits per heavy atom. The third-order valence-corrected chi connectivity index (χ3v) is 2.71. The van der Waals surface area contributed by atoms with Crippen LogP contribution in [0.4, 0.5) is 4.79 Å². The molecule has 0 spiro atoms. The highest BCUT2D eigenvalue weighted by Crippen LogP contribution is 2.20. The van der Waals surface area contributed by atoms with Gasteiger partial charge in [0, 0.05) is 7.05 Å². The predicted octanol–water partition coefficient (Wildman–Crippen LogP) is 1.82. The Balaban J connectivity index is 2.26. The Bertz CT molecular complexity index is 603. The number of alkyl carbamates (subject to hydrolysis) is 1. The van der Waals surface area contributed by atoms with Crippen molar-refractivity contribution in [3.63, 3.8) is 0 Å². The van der Waals surface area contributed by atoms with Gasteiger partial charge in [-0.05, 0) is 36.8 Å². The summed E-state index contributed by atoms with van der Waals surface area (Å²) in [4.78, 5) is 12.0. The number of rotatable bonds is 3. The SMILES string of the molecule is Cn1nnnc1C(NC(=O)OC(C)(C)C)c1ccccc1. The minimum absolute atomic E-state index is 0.471. The van der Waals surface area contributed by atoms with E-state index < -0.39 is 17.7 Å². The van der Waals surface area contributed by atoms with E-state index >= 15 is 0 Å². The summed E-state index contributed by atoms with van der Waals surface area (Å²) in [5, 5.41) is 14.2. The molecule has 2 aromatic rings. The van der Waals surface area contributed by atoms with Crippen molar-refractivity contribution < 1.29 is 9.53 Å². The summed E-state index contributed by atoms with van der Waals surface area (Å²) in [6, 6.07) is 9.02. The summed E-state index contributed by atoms with van der Waals surface area (Å²) < 4.78 is 6.82. The number of carbonyl (C=O) groups excluding carboxylic acids is 1. The van der Waals surface area contributed by atoms with Crippen molar-refractivity contribution in [2.75, 3.05) is 0 Å². The molecular formula is C14H19N5O2. The van der Waals surface area contributed by atoms with Crippen LogP contribution in [0.2, 0.25) is 0 Å². The summed E-state index contributed by atoms with van der Waals surface area (Å²) in [6.07, 6.45) is -0.514. The molecule has 0 bridgehead atoms. The lowest BCUT2D eigenvalue weighted by Crippen LogP contribution is -2.36. The zero-order valence-electron chi connectivity index (χ0n) is 12.6. The molecule has 1 heterocycles. The monoisotopic (exact) mass is 289 g/mol. The number of amides is 1. The molecule has 0 aliphatic rings. The molecule has 1 atom stereocenters. The number of carbonyl (C=O) groups is 1. The van der Waals surface area contributed by atoms with Crippen LogP contribution in [-0.4, -0.2) is 31.9 Å². The quantitative estimate of drug-likeness (QED) is 0.932. The van der Waals surface area contributed by atoms with E-state index in [1.807, 2.05) is 51.1 Å². The van der Waals surface area contributed by atoms with Crippen molar-refractivity contribution in [2.24, 2.45) is 7.05 Å². The van der Waals surface area contributed by atoms with Gasteiger partial charge < -0.3 is 10.1 Å². The Morgan fingerprint density at radius 2 is 1.95 bits per heavy atom. The number of hydrogen-bond acceptors (Lipinski definition) is 5. The van der Waals surface area contributed by atoms with Gasteiger partial charge >= 0.3 is 6.09 Å². The van der Waals surface area contributed by atoms with Crippen molar-refractivity contribution in [1.29, 1.82) is 0 Å². The molecule has 112 valence electrons. The van der Waals surface area contributed by atoms with Gasteiger partial charge in [-0.2, -0.15) is 0 Å². The van der Waals surface area contributed by atoms with Gasteiger partial charge in [-0.15, -0.1) is 5.10 Å². The zero-order valence-corrected chi connectivity index (χ0v) is 12.6. The molecule has 0 radical (unpaired) electrons. The predicted molar refractivity (Wildman–Crippen MR) is 76.5 cm³/mol. The maximum absolute atomic E-state index is 12.0. The minimum Gasteiger partial charge on any atom is -0.444 e. The number of ether oxygens (including phenoxy) is 1. The van der Waals surface area contributed by atoms with E-state index in [1.54, 1.807) is 7.05 Å². The Hall–Kier alpha value is -2.44. The van der Waals surface area contributed by atoms with E-state index in [9.17, 15) is 4.79 Å². The van der Waals surface area contributed by atoms with E-state index in [0.29, 0.717) is 5.82 Å². The van der Waals surface area contributed by atoms with Crippen LogP contribution >= 0.6 is 0 Å². The molecule has 21 heavy (non-hydrogen) atoms. The fourth-order valence-electron chi connectivity index (χ4n) is 1.85. The molecule has 0 fully saturated rings. The van der Waals surface area contributed by atoms with Crippen LogP contribution in [0.5, 0.6) is 0 Å². The van der Waals surface area contributed by atoms with E-state index in [0.717, 1.165) is 5.56 Å². The molecule has 0 saturated carbocycles. The van der Waals surface area contributed by atoms with Crippen LogP contribution < -0.4 is 5.32 Å². The number of nitrogens with zero attached hydrogens (tertiary/aromatic N) is 4. The Kier molecular flexibility index (Phi) is 4.21. The average Bonchev–Trinajstić information content (AvgIpc) is 2.81. The van der Waals surface area contributed by atoms with Crippen molar-refractivity contribution in [1.82, 2.24) is 25.5 Å². The second-order valence-corrected chi connectivity index (χ2v) is 5.65. The summed E-state index contributed by atoms with van der Waals surface area (Å²) in [5.74, 6) is 0.534. The van der Waals surface area contributed by atoms with Gasteiger partial charge in [0.2, 0.25) is 0 Å². The first-order chi connectivity index (χ1) is 9.87. The van der Waals surface area contributed by atoms with Crippen molar-refractivity contribution >= 4 is 6.09 Å². The smallest absolute Gasteiger partial charge is 0.408 e. The first-order valence-corrected chi connectivity index (χ1v) is 6.63. The molecule has 2 rings (SSSR count). The number of nitrogens with one attached hydrogen (secondary N) is 1. The summed E-state index contributed by atoms with van der Waals surface area (Å²) in [7, 11) is 1.72. The highest BCUT2D eigenvalue weighted by Gasteiger charge is 2.25. The molecule has 0 aliphatic heterocycles. The average molecular weight is 289 g/mol. The maximum Gasteiger partial charge on any atom is 0.408 e. The highest BCUT2D eigenvalue weighted by atomic mass is 16.6. The van der Waals surface area contributed by atoms with E-state index in [1.165, 1.54) is 4.68 Å². The number of aromatic nitrogens is 4. The van der Waals surface area contributed by atoms with Crippen LogP contribution in [0.1, 0.15) is 38.2 Å². The Morgan fingerprint density at radius 1 is 1.29 bits per heavy atom. The maximum atomic E-state index is 12.0. The topological polar surface area (TPSA) is 81.9 Å². The first kappa shape index (κ1) is 15.0. The van der Waals surface area contributed by atoms with Crippen molar-refractivity contribution in [3.05, 3.63) is 41.7 Å². The fraction of sp³-hybridized carbons (Fsp3) is 0.429. The lowest BCUT2D eigenvalue weighted by atomic mass is 10.1. The molecule has 0 aliphatic carbocycles. The summed E-state index contributed by atoms with van der Waals surface area (Å²) in [5.41, 5.74) is 0.310. The number of hydrogen-bond donors (Lipinski definition) is 1. The highest BCUT2D eigenvalue weighted by molar-refractivity contribution is 5.69. The molecule has 7 nitrogen and oxygen atoms in total. The van der Waals surface area contributed by atoms with Gasteiger partial charge in [0.15, 0.2) is 5.82 Å². The van der Waals surface area contributed by atoms with Gasteiger partial charge in [-0.1, -0.05) is 30.3 Å². The lowest BCUT2D eigenvalue weighted by Gasteiger charge is -2.23. The second-order valence-electron chi connectivity index (χ2n) is 5.65. The number of benzene rings is 1. The molecule has 1 aromatic carbocycles. The van der Waals surface area contributed by atoms with Crippen LogP contribution in [0, 0.1) is 0 Å². The van der Waals surface area contributed by atoms with E-state index in [4.69, 9.17) is 4.74 Å². The lowest BCUT2D eigenvalue weighted by molar-refractivity contribution is 0.0509. The van der Waals surface area contributed by atoms with Crippen LogP contribution in [-0.2, 0) is 11.8 Å². The molecular weight excluding hydrogens is 270 g/mol. The fourth-order valence-corrected chi connectivity index (χ4v) is 1.85. The van der Waals surface area contributed by atoms with Crippen molar-refractivity contribution in [3.8, 4) is 0 Å². The van der Waals surface area contributed by atoms with Crippen LogP contribution in [0.3, 0.4) is 0 Å². The largest absolute Gasteiger partial charge is 0.444 e. The third-order valence-electron chi connectivity index (χ3n) is 2.71. The number of aryl methyl sites for hydroxylation is 1. The molecule has 0 saturated heterocycles. The van der Waals surface area contributed by atoms with Crippen LogP contribution in [0.15, 0.2) is 30.3 Å². The van der Waals surface area contributed by atoms with Gasteiger partial charge in [0.1, 0.15) is 11.6 Å². The van der Waals surface area contributed by atoms with Gasteiger partial charge in [0.25, 0.3) is 0 Å². The van der Waals surface area contributed by atoms with Gasteiger partial charge in [-0.3, -0.25) is 0 Å². The third kappa shape index (κ3) is 4.01. The molecule has 1 N–H and O–H groups in total. The van der Waals surface area contributed by atoms with Gasteiger partial charge in [-0.25, -0.2) is 9.48 Å². The zero-order chi connectivity index (χ0) is 15.5. The van der Waals surface area contributed by atoms with E-state index in [-0.39, 0.29) is 0 Å². The molecule has 7 heteroatoms. The Labute approximate surface area is 123 Å². The summed E-state index contributed by atoms with van der Waals surface area (Å²) in [6.45, 7) is 5.44. The van der Waals surface area contributed by atoms with Gasteiger partial charge in [0.05, 0.1) is 0 Å². The summed E-state index contributed by atoms with van der Waals surface area (Å²) >= 11 is 0. The van der Waals surface area contributed by atoms with Crippen LogP contribution in [0.25, 0.3) is 0 Å². The molecule has 1 aromatic heterocycles. The normalized spacial score (nSPS) is 12.8. The molecule has 1 unspecified atom stereocenters. The first-order valence-electron chi connectivity index (χ1n) is 6.63. The minimum atomic E-state index is -0.566. The second kappa shape index (κ2) is 5.90. The van der Waals surface area contributed by atoms with Crippen molar-refractivity contribution in [2.45, 2.75) is 32.4 Å². The standard InChI is InChI=1S/C14H19N5O2/c1-14(2,3)21-13(20)15-11(10-8-6-5-7-9-10)12-16-17-18-19(12)4/h5-9,11H,1-4H3,(H,15,20). The number of tetrazole rings is 1.